The van der Waals surface area contributed by atoms with Crippen LogP contribution < -0.4 is 0 Å². The van der Waals surface area contributed by atoms with E-state index in [1.807, 2.05) is 0 Å². The van der Waals surface area contributed by atoms with E-state index in [-0.39, 0.29) is 0 Å². The molecule has 0 bridgehead atoms. The Kier molecular flexibility index (Phi) is 8.75. The molecule has 0 N–H and O–H groups in total. The fraction of sp³-hybridized carbons (Fsp3) is 0.933. The molecule has 2 nitrogen and oxygen atoms in total. The van der Waals surface area contributed by atoms with Crippen molar-refractivity contribution in [3.05, 3.63) is 0 Å². The van der Waals surface area contributed by atoms with Gasteiger partial charge in [-0.1, -0.05) is 41.5 Å². The molecule has 4 heteroatoms. The van der Waals surface area contributed by atoms with Gasteiger partial charge >= 0.3 is 0 Å². The molecule has 0 aliphatic heterocycles. The van der Waals surface area contributed by atoms with E-state index in [0.29, 0.717) is 35.9 Å². The molecule has 1 atom stereocenters. The molecule has 0 radical (unpaired) electrons. The average molecular weight is 290 g/mol. The van der Waals surface area contributed by atoms with Crippen LogP contribution in [-0.2, 0) is 9.22 Å². The van der Waals surface area contributed by atoms with Crippen molar-refractivity contribution >= 4 is 14.6 Å². The maximum atomic E-state index is 12.8. The molecule has 0 aromatic carbocycles. The molecule has 0 spiro atoms. The molecule has 0 heterocycles. The first kappa shape index (κ1) is 18.8. The van der Waals surface area contributed by atoms with Crippen molar-refractivity contribution in [2.24, 2.45) is 0 Å². The van der Waals surface area contributed by atoms with E-state index in [1.54, 1.807) is 0 Å². The first-order chi connectivity index (χ1) is 8.78. The van der Waals surface area contributed by atoms with Gasteiger partial charge in [-0.05, 0) is 35.9 Å². The molecule has 1 unspecified atom stereocenters. The third-order valence-corrected chi connectivity index (χ3v) is 10.2. The molecule has 0 aromatic heterocycles. The minimum absolute atomic E-state index is 0.326. The molecular formula is C15H31FO2Si. The number of unbranched alkanes of at least 4 members (excludes halogenated alkanes) is 1. The number of halogens is 1. The van der Waals surface area contributed by atoms with Gasteiger partial charge in [-0.2, -0.15) is 0 Å². The quantitative estimate of drug-likeness (QED) is 0.325. The van der Waals surface area contributed by atoms with Crippen LogP contribution in [0.25, 0.3) is 0 Å². The van der Waals surface area contributed by atoms with E-state index in [0.717, 1.165) is 12.8 Å². The summed E-state index contributed by atoms with van der Waals surface area (Å²) < 4.78 is 19.1. The zero-order valence-electron chi connectivity index (χ0n) is 13.4. The van der Waals surface area contributed by atoms with Crippen LogP contribution in [0.2, 0.25) is 16.6 Å². The fourth-order valence-electron chi connectivity index (χ4n) is 3.26. The van der Waals surface area contributed by atoms with Crippen molar-refractivity contribution < 1.29 is 13.6 Å². The summed E-state index contributed by atoms with van der Waals surface area (Å²) in [5.41, 5.74) is 1.74. The lowest BCUT2D eigenvalue weighted by atomic mass is 10.2. The first-order valence-corrected chi connectivity index (χ1v) is 9.66. The van der Waals surface area contributed by atoms with E-state index >= 15 is 0 Å². The van der Waals surface area contributed by atoms with Crippen LogP contribution in [0.15, 0.2) is 0 Å². The summed E-state index contributed by atoms with van der Waals surface area (Å²) in [5.74, 6) is 0. The van der Waals surface area contributed by atoms with Crippen LogP contribution in [0.3, 0.4) is 0 Å². The Hall–Kier alpha value is -0.223. The van der Waals surface area contributed by atoms with Gasteiger partial charge in [0.05, 0.1) is 0 Å². The van der Waals surface area contributed by atoms with E-state index in [2.05, 4.69) is 41.5 Å². The summed E-state index contributed by atoms with van der Waals surface area (Å²) in [7, 11) is -1.78. The van der Waals surface area contributed by atoms with E-state index in [4.69, 9.17) is 4.43 Å². The van der Waals surface area contributed by atoms with Crippen molar-refractivity contribution in [3.8, 4) is 0 Å². The van der Waals surface area contributed by atoms with Gasteiger partial charge in [-0.15, -0.1) is 0 Å². The second kappa shape index (κ2) is 8.85. The summed E-state index contributed by atoms with van der Waals surface area (Å²) in [6, 6.07) is 0. The van der Waals surface area contributed by atoms with Gasteiger partial charge in [0.25, 0.3) is 0 Å². The maximum Gasteiger partial charge on any atom is 0.200 e. The maximum absolute atomic E-state index is 12.8. The largest absolute Gasteiger partial charge is 0.416 e. The second-order valence-corrected chi connectivity index (χ2v) is 11.8. The number of hydrogen-bond acceptors (Lipinski definition) is 2. The predicted octanol–water partition coefficient (Wildman–Crippen LogP) is 4.89. The monoisotopic (exact) mass is 290 g/mol. The molecule has 19 heavy (non-hydrogen) atoms. The zero-order chi connectivity index (χ0) is 15.1. The molecule has 0 amide bonds. The number of hydrogen-bond donors (Lipinski definition) is 0. The second-order valence-electron chi connectivity index (χ2n) is 6.31. The van der Waals surface area contributed by atoms with Crippen LogP contribution in [-0.4, -0.2) is 27.4 Å². The van der Waals surface area contributed by atoms with Gasteiger partial charge in [0.1, 0.15) is 0 Å². The van der Waals surface area contributed by atoms with Crippen LogP contribution in [0.5, 0.6) is 0 Å². The van der Waals surface area contributed by atoms with Crippen molar-refractivity contribution in [2.45, 2.75) is 83.6 Å². The highest BCUT2D eigenvalue weighted by atomic mass is 28.4. The Balaban J connectivity index is 4.32. The van der Waals surface area contributed by atoms with Gasteiger partial charge in [-0.25, -0.2) is 4.39 Å². The van der Waals surface area contributed by atoms with Crippen LogP contribution in [0, 0.1) is 0 Å². The number of carbonyl (C=O) groups is 1. The molecule has 0 aliphatic rings. The molecule has 0 aromatic rings. The van der Waals surface area contributed by atoms with Crippen LogP contribution in [0.4, 0.5) is 4.39 Å². The zero-order valence-corrected chi connectivity index (χ0v) is 14.4. The van der Waals surface area contributed by atoms with E-state index in [1.165, 1.54) is 0 Å². The Bertz CT molecular complexity index is 233. The Morgan fingerprint density at radius 3 is 1.84 bits per heavy atom. The normalized spacial score (nSPS) is 14.4. The number of carbonyl (C=O) groups excluding carboxylic acids is 1. The number of alkyl halides is 1. The van der Waals surface area contributed by atoms with Crippen LogP contribution >= 0.6 is 0 Å². The SMILES string of the molecule is CC(C)[Si](OCCCCC(F)C=O)(C(C)C)C(C)C. The highest BCUT2D eigenvalue weighted by molar-refractivity contribution is 6.77. The Morgan fingerprint density at radius 2 is 1.47 bits per heavy atom. The fourth-order valence-corrected chi connectivity index (χ4v) is 8.76. The highest BCUT2D eigenvalue weighted by Gasteiger charge is 2.44. The minimum Gasteiger partial charge on any atom is -0.416 e. The van der Waals surface area contributed by atoms with Gasteiger partial charge in [-0.3, -0.25) is 0 Å². The number of aldehydes is 1. The average Bonchev–Trinajstić information content (AvgIpc) is 2.31. The Morgan fingerprint density at radius 1 is 1.00 bits per heavy atom. The van der Waals surface area contributed by atoms with Gasteiger partial charge < -0.3 is 9.22 Å². The van der Waals surface area contributed by atoms with Crippen molar-refractivity contribution in [3.63, 3.8) is 0 Å². The summed E-state index contributed by atoms with van der Waals surface area (Å²) in [5, 5.41) is 0. The lowest BCUT2D eigenvalue weighted by molar-refractivity contribution is -0.112. The van der Waals surface area contributed by atoms with E-state index < -0.39 is 14.5 Å². The Labute approximate surface area is 119 Å². The van der Waals surface area contributed by atoms with Crippen molar-refractivity contribution in [1.82, 2.24) is 0 Å². The first-order valence-electron chi connectivity index (χ1n) is 7.52. The topological polar surface area (TPSA) is 26.3 Å². The molecular weight excluding hydrogens is 259 g/mol. The molecule has 0 saturated heterocycles. The predicted molar refractivity (Wildman–Crippen MR) is 81.8 cm³/mol. The van der Waals surface area contributed by atoms with Crippen molar-refractivity contribution in [1.29, 1.82) is 0 Å². The summed E-state index contributed by atoms with van der Waals surface area (Å²) >= 11 is 0. The summed E-state index contributed by atoms with van der Waals surface area (Å²) in [6.07, 6.45) is 0.971. The molecule has 0 rings (SSSR count). The van der Waals surface area contributed by atoms with Crippen molar-refractivity contribution in [2.75, 3.05) is 6.61 Å². The summed E-state index contributed by atoms with van der Waals surface area (Å²) in [4.78, 5) is 10.2. The molecule has 0 saturated carbocycles. The molecule has 0 fully saturated rings. The van der Waals surface area contributed by atoms with Gasteiger partial charge in [0.2, 0.25) is 0 Å². The van der Waals surface area contributed by atoms with Crippen LogP contribution in [0.1, 0.15) is 60.8 Å². The third kappa shape index (κ3) is 5.34. The van der Waals surface area contributed by atoms with Gasteiger partial charge in [0, 0.05) is 6.61 Å². The third-order valence-electron chi connectivity index (χ3n) is 4.08. The molecule has 114 valence electrons. The van der Waals surface area contributed by atoms with E-state index in [9.17, 15) is 9.18 Å². The summed E-state index contributed by atoms with van der Waals surface area (Å²) in [6.45, 7) is 14.3. The van der Waals surface area contributed by atoms with Gasteiger partial charge in [0.15, 0.2) is 20.8 Å². The smallest absolute Gasteiger partial charge is 0.200 e. The molecule has 0 aliphatic carbocycles. The standard InChI is InChI=1S/C15H31FO2Si/c1-12(2)19(13(3)4,14(5)6)18-10-8-7-9-15(16)11-17/h11-15H,7-10H2,1-6H3. The minimum atomic E-state index is -1.78. The number of rotatable bonds is 10. The highest BCUT2D eigenvalue weighted by Crippen LogP contribution is 2.42. The lowest BCUT2D eigenvalue weighted by Crippen LogP contribution is -2.47. The lowest BCUT2D eigenvalue weighted by Gasteiger charge is -2.42.